The Balaban J connectivity index is 1.63. The summed E-state index contributed by atoms with van der Waals surface area (Å²) < 4.78 is 10.7. The standard InChI is InChI=1S/C21H35N5O2/c1-3-22-20(24-16-18-7-8-19(27-2)23-15-18)25-17-21(9-5-4-6-10-21)26-11-13-28-14-12-26/h7-8,15H,3-6,9-14,16-17H2,1-2H3,(H2,22,24,25). The van der Waals surface area contributed by atoms with Crippen LogP contribution in [0.25, 0.3) is 0 Å². The molecule has 7 heteroatoms. The highest BCUT2D eigenvalue weighted by atomic mass is 16.5. The molecule has 2 N–H and O–H groups in total. The molecule has 0 atom stereocenters. The lowest BCUT2D eigenvalue weighted by Crippen LogP contribution is -2.60. The molecule has 0 aromatic carbocycles. The van der Waals surface area contributed by atoms with Crippen molar-refractivity contribution in [1.82, 2.24) is 20.5 Å². The highest BCUT2D eigenvalue weighted by Gasteiger charge is 2.38. The number of guanidine groups is 1. The summed E-state index contributed by atoms with van der Waals surface area (Å²) in [4.78, 5) is 11.7. The summed E-state index contributed by atoms with van der Waals surface area (Å²) in [6.45, 7) is 8.23. The lowest BCUT2D eigenvalue weighted by atomic mass is 9.80. The summed E-state index contributed by atoms with van der Waals surface area (Å²) >= 11 is 0. The number of nitrogens with zero attached hydrogens (tertiary/aromatic N) is 3. The second-order valence-electron chi connectivity index (χ2n) is 7.64. The molecule has 28 heavy (non-hydrogen) atoms. The molecule has 0 spiro atoms. The van der Waals surface area contributed by atoms with Crippen molar-refractivity contribution in [3.8, 4) is 5.88 Å². The number of ether oxygens (including phenoxy) is 2. The first-order chi connectivity index (χ1) is 13.8. The molecule has 2 heterocycles. The van der Waals surface area contributed by atoms with Crippen molar-refractivity contribution in [1.29, 1.82) is 0 Å². The lowest BCUT2D eigenvalue weighted by molar-refractivity contribution is -0.0352. The molecule has 1 saturated heterocycles. The average Bonchev–Trinajstić information content (AvgIpc) is 2.77. The van der Waals surface area contributed by atoms with E-state index in [2.05, 4.69) is 27.4 Å². The van der Waals surface area contributed by atoms with Crippen LogP contribution in [0.5, 0.6) is 5.88 Å². The van der Waals surface area contributed by atoms with Gasteiger partial charge in [0.25, 0.3) is 0 Å². The van der Waals surface area contributed by atoms with Gasteiger partial charge in [-0.1, -0.05) is 25.3 Å². The van der Waals surface area contributed by atoms with Gasteiger partial charge in [0, 0.05) is 44.0 Å². The van der Waals surface area contributed by atoms with Gasteiger partial charge in [0.2, 0.25) is 5.88 Å². The van der Waals surface area contributed by atoms with Crippen LogP contribution in [0.4, 0.5) is 0 Å². The minimum absolute atomic E-state index is 0.222. The van der Waals surface area contributed by atoms with Crippen molar-refractivity contribution in [2.75, 3.05) is 46.5 Å². The van der Waals surface area contributed by atoms with Gasteiger partial charge in [-0.3, -0.25) is 4.90 Å². The van der Waals surface area contributed by atoms with E-state index in [1.54, 1.807) is 7.11 Å². The van der Waals surface area contributed by atoms with E-state index in [9.17, 15) is 0 Å². The van der Waals surface area contributed by atoms with Crippen LogP contribution in [-0.2, 0) is 11.3 Å². The molecule has 2 fully saturated rings. The van der Waals surface area contributed by atoms with E-state index in [0.717, 1.165) is 50.9 Å². The largest absolute Gasteiger partial charge is 0.481 e. The number of nitrogens with one attached hydrogen (secondary N) is 2. The fourth-order valence-corrected chi connectivity index (χ4v) is 4.24. The fourth-order valence-electron chi connectivity index (χ4n) is 4.24. The predicted molar refractivity (Wildman–Crippen MR) is 112 cm³/mol. The van der Waals surface area contributed by atoms with Gasteiger partial charge in [-0.05, 0) is 25.3 Å². The van der Waals surface area contributed by atoms with Gasteiger partial charge in [-0.2, -0.15) is 0 Å². The zero-order valence-electron chi connectivity index (χ0n) is 17.4. The number of hydrogen-bond acceptors (Lipinski definition) is 5. The van der Waals surface area contributed by atoms with Gasteiger partial charge < -0.3 is 20.1 Å². The molecule has 7 nitrogen and oxygen atoms in total. The number of rotatable bonds is 7. The summed E-state index contributed by atoms with van der Waals surface area (Å²) in [5, 5.41) is 7.02. The molecule has 1 aliphatic heterocycles. The highest BCUT2D eigenvalue weighted by Crippen LogP contribution is 2.33. The van der Waals surface area contributed by atoms with Crippen molar-refractivity contribution < 1.29 is 9.47 Å². The van der Waals surface area contributed by atoms with Crippen LogP contribution < -0.4 is 15.4 Å². The van der Waals surface area contributed by atoms with Crippen LogP contribution in [0.2, 0.25) is 0 Å². The second kappa shape index (κ2) is 10.6. The Bertz CT molecular complexity index is 608. The maximum atomic E-state index is 5.59. The molecule has 0 radical (unpaired) electrons. The number of hydrogen-bond donors (Lipinski definition) is 2. The van der Waals surface area contributed by atoms with Gasteiger partial charge in [0.15, 0.2) is 5.96 Å². The van der Waals surface area contributed by atoms with Crippen molar-refractivity contribution in [2.24, 2.45) is 4.99 Å². The third kappa shape index (κ3) is 5.58. The highest BCUT2D eigenvalue weighted by molar-refractivity contribution is 5.79. The Morgan fingerprint density at radius 3 is 2.64 bits per heavy atom. The molecule has 1 aromatic rings. The van der Waals surface area contributed by atoms with E-state index in [-0.39, 0.29) is 5.54 Å². The molecule has 0 amide bonds. The molecular formula is C21H35N5O2. The Morgan fingerprint density at radius 1 is 1.21 bits per heavy atom. The minimum atomic E-state index is 0.222. The number of methoxy groups -OCH3 is 1. The first kappa shape index (κ1) is 20.9. The Labute approximate surface area is 168 Å². The fraction of sp³-hybridized carbons (Fsp3) is 0.714. The first-order valence-corrected chi connectivity index (χ1v) is 10.6. The van der Waals surface area contributed by atoms with E-state index in [4.69, 9.17) is 14.5 Å². The van der Waals surface area contributed by atoms with Gasteiger partial charge in [-0.15, -0.1) is 0 Å². The van der Waals surface area contributed by atoms with Crippen LogP contribution in [-0.4, -0.2) is 67.9 Å². The van der Waals surface area contributed by atoms with E-state index in [1.165, 1.54) is 32.1 Å². The summed E-state index contributed by atoms with van der Waals surface area (Å²) in [6, 6.07) is 3.88. The lowest BCUT2D eigenvalue weighted by Gasteiger charge is -2.48. The normalized spacial score (nSPS) is 20.6. The van der Waals surface area contributed by atoms with Crippen LogP contribution in [0.3, 0.4) is 0 Å². The van der Waals surface area contributed by atoms with Crippen molar-refractivity contribution in [3.05, 3.63) is 23.9 Å². The molecule has 0 bridgehead atoms. The molecular weight excluding hydrogens is 354 g/mol. The number of morpholine rings is 1. The Hall–Kier alpha value is -1.86. The maximum absolute atomic E-state index is 5.59. The molecule has 1 aromatic heterocycles. The monoisotopic (exact) mass is 389 g/mol. The van der Waals surface area contributed by atoms with Crippen molar-refractivity contribution in [2.45, 2.75) is 51.1 Å². The van der Waals surface area contributed by atoms with Gasteiger partial charge in [0.1, 0.15) is 0 Å². The quantitative estimate of drug-likeness (QED) is 0.550. The van der Waals surface area contributed by atoms with E-state index < -0.39 is 0 Å². The summed E-state index contributed by atoms with van der Waals surface area (Å²) in [5.74, 6) is 1.50. The van der Waals surface area contributed by atoms with Crippen molar-refractivity contribution in [3.63, 3.8) is 0 Å². The third-order valence-electron chi connectivity index (χ3n) is 5.82. The second-order valence-corrected chi connectivity index (χ2v) is 7.64. The molecule has 1 aliphatic carbocycles. The van der Waals surface area contributed by atoms with Crippen LogP contribution in [0.1, 0.15) is 44.6 Å². The topological polar surface area (TPSA) is 71.0 Å². The zero-order valence-corrected chi connectivity index (χ0v) is 17.4. The summed E-state index contributed by atoms with van der Waals surface area (Å²) in [7, 11) is 1.63. The molecule has 0 unspecified atom stereocenters. The van der Waals surface area contributed by atoms with Gasteiger partial charge >= 0.3 is 0 Å². The molecule has 3 rings (SSSR count). The minimum Gasteiger partial charge on any atom is -0.481 e. The third-order valence-corrected chi connectivity index (χ3v) is 5.82. The Morgan fingerprint density at radius 2 is 2.00 bits per heavy atom. The van der Waals surface area contributed by atoms with E-state index in [1.807, 2.05) is 18.3 Å². The van der Waals surface area contributed by atoms with Crippen LogP contribution in [0, 0.1) is 0 Å². The van der Waals surface area contributed by atoms with E-state index >= 15 is 0 Å². The SMILES string of the molecule is CCNC(=NCc1ccc(OC)nc1)NCC1(N2CCOCC2)CCCCC1. The number of aliphatic imine (C=N–C) groups is 1. The molecule has 2 aliphatic rings. The predicted octanol–water partition coefficient (Wildman–Crippen LogP) is 2.18. The van der Waals surface area contributed by atoms with E-state index in [0.29, 0.717) is 12.4 Å². The molecule has 156 valence electrons. The van der Waals surface area contributed by atoms with Crippen molar-refractivity contribution >= 4 is 5.96 Å². The first-order valence-electron chi connectivity index (χ1n) is 10.6. The summed E-state index contributed by atoms with van der Waals surface area (Å²) in [5.41, 5.74) is 1.29. The van der Waals surface area contributed by atoms with Gasteiger partial charge in [-0.25, -0.2) is 9.98 Å². The summed E-state index contributed by atoms with van der Waals surface area (Å²) in [6.07, 6.45) is 8.30. The maximum Gasteiger partial charge on any atom is 0.212 e. The number of aromatic nitrogens is 1. The van der Waals surface area contributed by atoms with Crippen LogP contribution in [0.15, 0.2) is 23.3 Å². The van der Waals surface area contributed by atoms with Crippen LogP contribution >= 0.6 is 0 Å². The Kier molecular flexibility index (Phi) is 7.91. The zero-order chi connectivity index (χ0) is 19.7. The average molecular weight is 390 g/mol. The molecule has 1 saturated carbocycles. The number of pyridine rings is 1. The van der Waals surface area contributed by atoms with Gasteiger partial charge in [0.05, 0.1) is 26.9 Å². The smallest absolute Gasteiger partial charge is 0.212 e.